The summed E-state index contributed by atoms with van der Waals surface area (Å²) in [5.74, 6) is -0.386. The van der Waals surface area contributed by atoms with Crippen LogP contribution in [0, 0.1) is 18.7 Å². The monoisotopic (exact) mass is 362 g/mol. The van der Waals surface area contributed by atoms with Gasteiger partial charge in [-0.25, -0.2) is 9.18 Å². The van der Waals surface area contributed by atoms with E-state index in [4.69, 9.17) is 4.74 Å². The first-order chi connectivity index (χ1) is 12.2. The summed E-state index contributed by atoms with van der Waals surface area (Å²) in [5.41, 5.74) is 0.391. The molecule has 1 aromatic rings. The molecule has 142 valence electrons. The number of amides is 2. The molecule has 3 rings (SSSR count). The predicted octanol–water partition coefficient (Wildman–Crippen LogP) is 3.54. The molecule has 3 atom stereocenters. The second-order valence-electron chi connectivity index (χ2n) is 8.33. The molecule has 1 saturated heterocycles. The topological polar surface area (TPSA) is 58.6 Å². The van der Waals surface area contributed by atoms with Gasteiger partial charge in [0.25, 0.3) is 0 Å². The summed E-state index contributed by atoms with van der Waals surface area (Å²) in [7, 11) is 0. The van der Waals surface area contributed by atoms with Crippen molar-refractivity contribution in [1.29, 1.82) is 0 Å². The Morgan fingerprint density at radius 3 is 2.73 bits per heavy atom. The van der Waals surface area contributed by atoms with Gasteiger partial charge in [-0.3, -0.25) is 9.69 Å². The van der Waals surface area contributed by atoms with Crippen molar-refractivity contribution in [1.82, 2.24) is 10.2 Å². The molecule has 1 aliphatic carbocycles. The Balaban J connectivity index is 1.70. The Hall–Kier alpha value is -2.11. The quantitative estimate of drug-likeness (QED) is 0.895. The normalized spacial score (nSPS) is 24.7. The largest absolute Gasteiger partial charge is 0.444 e. The summed E-state index contributed by atoms with van der Waals surface area (Å²) in [6.07, 6.45) is 2.23. The number of hydrogen-bond donors (Lipinski definition) is 1. The molecular weight excluding hydrogens is 335 g/mol. The van der Waals surface area contributed by atoms with Crippen LogP contribution in [0.4, 0.5) is 9.18 Å². The molecule has 6 heteroatoms. The second kappa shape index (κ2) is 6.89. The Morgan fingerprint density at radius 1 is 1.31 bits per heavy atom. The van der Waals surface area contributed by atoms with Gasteiger partial charge in [0.15, 0.2) is 0 Å². The summed E-state index contributed by atoms with van der Waals surface area (Å²) in [6.45, 7) is 7.25. The first-order valence-electron chi connectivity index (χ1n) is 9.20. The van der Waals surface area contributed by atoms with Gasteiger partial charge in [0.1, 0.15) is 17.5 Å². The number of nitrogens with one attached hydrogen (secondary N) is 1. The van der Waals surface area contributed by atoms with Gasteiger partial charge < -0.3 is 10.1 Å². The van der Waals surface area contributed by atoms with E-state index in [-0.39, 0.29) is 30.2 Å². The van der Waals surface area contributed by atoms with Crippen molar-refractivity contribution in [2.45, 2.75) is 71.2 Å². The van der Waals surface area contributed by atoms with Crippen molar-refractivity contribution < 1.29 is 18.7 Å². The lowest BCUT2D eigenvalue weighted by Crippen LogP contribution is -2.53. The maximum atomic E-state index is 14.1. The Bertz CT molecular complexity index is 713. The minimum atomic E-state index is -0.607. The summed E-state index contributed by atoms with van der Waals surface area (Å²) < 4.78 is 19.6. The van der Waals surface area contributed by atoms with Crippen LogP contribution >= 0.6 is 0 Å². The molecule has 2 fully saturated rings. The molecule has 0 unspecified atom stereocenters. The average Bonchev–Trinajstić information content (AvgIpc) is 3.15. The van der Waals surface area contributed by atoms with Gasteiger partial charge in [0.2, 0.25) is 5.91 Å². The van der Waals surface area contributed by atoms with Gasteiger partial charge in [-0.1, -0.05) is 18.2 Å². The first kappa shape index (κ1) is 18.7. The SMILES string of the molecule is Cc1cccc(CNC(=O)[C@@H]2[C@H]3CC[C@H](C3)N2C(=O)OC(C)(C)C)c1F. The third-order valence-electron chi connectivity index (χ3n) is 5.18. The molecule has 2 amide bonds. The van der Waals surface area contributed by atoms with Crippen LogP contribution in [0.3, 0.4) is 0 Å². The van der Waals surface area contributed by atoms with Crippen molar-refractivity contribution in [3.05, 3.63) is 35.1 Å². The molecule has 1 heterocycles. The minimum absolute atomic E-state index is 0.0568. The molecule has 1 saturated carbocycles. The van der Waals surface area contributed by atoms with Crippen LogP contribution < -0.4 is 5.32 Å². The number of fused-ring (bicyclic) bond motifs is 2. The van der Waals surface area contributed by atoms with E-state index in [0.29, 0.717) is 11.1 Å². The molecule has 0 spiro atoms. The number of piperidine rings is 1. The minimum Gasteiger partial charge on any atom is -0.444 e. The van der Waals surface area contributed by atoms with E-state index >= 15 is 0 Å². The number of likely N-dealkylation sites (tertiary alicyclic amines) is 1. The number of halogens is 1. The van der Waals surface area contributed by atoms with Crippen molar-refractivity contribution in [2.24, 2.45) is 5.92 Å². The van der Waals surface area contributed by atoms with Crippen LogP contribution in [0.5, 0.6) is 0 Å². The maximum Gasteiger partial charge on any atom is 0.411 e. The fourth-order valence-electron chi connectivity index (χ4n) is 4.03. The lowest BCUT2D eigenvalue weighted by molar-refractivity contribution is -0.128. The van der Waals surface area contributed by atoms with E-state index in [2.05, 4.69) is 5.32 Å². The second-order valence-corrected chi connectivity index (χ2v) is 8.33. The number of benzene rings is 1. The average molecular weight is 362 g/mol. The Labute approximate surface area is 153 Å². The molecule has 1 aromatic carbocycles. The van der Waals surface area contributed by atoms with Crippen molar-refractivity contribution in [2.75, 3.05) is 0 Å². The Morgan fingerprint density at radius 2 is 2.04 bits per heavy atom. The zero-order valence-electron chi connectivity index (χ0n) is 15.8. The van der Waals surface area contributed by atoms with Gasteiger partial charge >= 0.3 is 6.09 Å². The number of aryl methyl sites for hydroxylation is 1. The summed E-state index contributed by atoms with van der Waals surface area (Å²) in [5, 5.41) is 2.81. The number of carbonyl (C=O) groups is 2. The number of hydrogen-bond acceptors (Lipinski definition) is 3. The van der Waals surface area contributed by atoms with Gasteiger partial charge in [-0.2, -0.15) is 0 Å². The standard InChI is InChI=1S/C20H27FN2O3/c1-12-6-5-7-14(16(12)21)11-22-18(24)17-13-8-9-15(10-13)23(17)19(25)26-20(2,3)4/h5-7,13,15,17H,8-11H2,1-4H3,(H,22,24)/t13-,15+,17-/m0/s1. The van der Waals surface area contributed by atoms with E-state index in [9.17, 15) is 14.0 Å². The van der Waals surface area contributed by atoms with Crippen LogP contribution in [0.25, 0.3) is 0 Å². The molecule has 2 aliphatic rings. The summed E-state index contributed by atoms with van der Waals surface area (Å²) >= 11 is 0. The van der Waals surface area contributed by atoms with Crippen LogP contribution in [0.15, 0.2) is 18.2 Å². The maximum absolute atomic E-state index is 14.1. The van der Waals surface area contributed by atoms with Gasteiger partial charge in [0, 0.05) is 18.2 Å². The highest BCUT2D eigenvalue weighted by atomic mass is 19.1. The predicted molar refractivity (Wildman–Crippen MR) is 96.0 cm³/mol. The number of rotatable bonds is 3. The summed E-state index contributed by atoms with van der Waals surface area (Å²) in [4.78, 5) is 27.0. The zero-order valence-corrected chi connectivity index (χ0v) is 15.8. The lowest BCUT2D eigenvalue weighted by atomic mass is 9.98. The van der Waals surface area contributed by atoms with Crippen LogP contribution in [0.2, 0.25) is 0 Å². The fraction of sp³-hybridized carbons (Fsp3) is 0.600. The molecule has 2 bridgehead atoms. The highest BCUT2D eigenvalue weighted by Crippen LogP contribution is 2.43. The van der Waals surface area contributed by atoms with E-state index in [0.717, 1.165) is 19.3 Å². The highest BCUT2D eigenvalue weighted by Gasteiger charge is 2.52. The zero-order chi connectivity index (χ0) is 19.1. The van der Waals surface area contributed by atoms with Crippen molar-refractivity contribution in [3.8, 4) is 0 Å². The molecule has 1 N–H and O–H groups in total. The fourth-order valence-corrected chi connectivity index (χ4v) is 4.03. The molecule has 0 radical (unpaired) electrons. The number of nitrogens with zero attached hydrogens (tertiary/aromatic N) is 1. The van der Waals surface area contributed by atoms with Gasteiger partial charge in [0.05, 0.1) is 0 Å². The molecule has 26 heavy (non-hydrogen) atoms. The lowest BCUT2D eigenvalue weighted by Gasteiger charge is -2.35. The van der Waals surface area contributed by atoms with E-state index in [1.165, 1.54) is 0 Å². The van der Waals surface area contributed by atoms with Crippen LogP contribution in [-0.2, 0) is 16.1 Å². The number of ether oxygens (including phenoxy) is 1. The van der Waals surface area contributed by atoms with E-state index in [1.807, 2.05) is 20.8 Å². The van der Waals surface area contributed by atoms with Gasteiger partial charge in [-0.15, -0.1) is 0 Å². The van der Waals surface area contributed by atoms with Gasteiger partial charge in [-0.05, 0) is 58.4 Å². The third-order valence-corrected chi connectivity index (χ3v) is 5.18. The highest BCUT2D eigenvalue weighted by molar-refractivity contribution is 5.87. The first-order valence-corrected chi connectivity index (χ1v) is 9.20. The number of carbonyl (C=O) groups excluding carboxylic acids is 2. The van der Waals surface area contributed by atoms with Crippen molar-refractivity contribution in [3.63, 3.8) is 0 Å². The van der Waals surface area contributed by atoms with E-state index < -0.39 is 17.7 Å². The van der Waals surface area contributed by atoms with E-state index in [1.54, 1.807) is 30.0 Å². The molecule has 0 aromatic heterocycles. The van der Waals surface area contributed by atoms with Crippen LogP contribution in [0.1, 0.15) is 51.2 Å². The Kier molecular flexibility index (Phi) is 4.95. The summed E-state index contributed by atoms with van der Waals surface area (Å²) in [6, 6.07) is 4.65. The van der Waals surface area contributed by atoms with Crippen LogP contribution in [-0.4, -0.2) is 34.6 Å². The molecule has 5 nitrogen and oxygen atoms in total. The molecule has 1 aliphatic heterocycles. The smallest absolute Gasteiger partial charge is 0.411 e. The molecular formula is C20H27FN2O3. The van der Waals surface area contributed by atoms with Crippen molar-refractivity contribution >= 4 is 12.0 Å². The third kappa shape index (κ3) is 3.69.